The minimum atomic E-state index is -2.84. The highest BCUT2D eigenvalue weighted by molar-refractivity contribution is 5.98. The Bertz CT molecular complexity index is 835. The highest BCUT2D eigenvalue weighted by atomic mass is 19.3. The zero-order valence-corrected chi connectivity index (χ0v) is 20.4. The zero-order valence-electron chi connectivity index (χ0n) is 20.4. The smallest absolute Gasteiger partial charge is 0.345 e. The molecule has 2 heterocycles. The molecule has 9 nitrogen and oxygen atoms in total. The van der Waals surface area contributed by atoms with Gasteiger partial charge >= 0.3 is 6.61 Å². The number of hydrogen-bond acceptors (Lipinski definition) is 8. The van der Waals surface area contributed by atoms with Crippen molar-refractivity contribution < 1.29 is 23.4 Å². The summed E-state index contributed by atoms with van der Waals surface area (Å²) >= 11 is 0. The lowest BCUT2D eigenvalue weighted by Crippen LogP contribution is -2.39. The Morgan fingerprint density at radius 2 is 1.97 bits per heavy atom. The first-order valence-electron chi connectivity index (χ1n) is 12.9. The van der Waals surface area contributed by atoms with E-state index in [0.29, 0.717) is 24.2 Å². The number of hydrogen-bond donors (Lipinski definition) is 4. The number of nitrogens with one attached hydrogen (secondary N) is 3. The molecule has 2 atom stereocenters. The number of aliphatic hydroxyl groups is 1. The number of rotatable bonds is 11. The van der Waals surface area contributed by atoms with Crippen LogP contribution in [0.5, 0.6) is 0 Å². The van der Waals surface area contributed by atoms with Crippen molar-refractivity contribution in [3.8, 4) is 0 Å². The van der Waals surface area contributed by atoms with Gasteiger partial charge in [-0.25, -0.2) is 4.98 Å². The molecule has 4 N–H and O–H groups in total. The second kappa shape index (κ2) is 12.2. The van der Waals surface area contributed by atoms with Crippen molar-refractivity contribution in [3.63, 3.8) is 0 Å². The van der Waals surface area contributed by atoms with Crippen LogP contribution >= 0.6 is 0 Å². The van der Waals surface area contributed by atoms with Crippen molar-refractivity contribution in [3.05, 3.63) is 11.8 Å². The molecule has 0 bridgehead atoms. The number of aromatic nitrogens is 2. The highest BCUT2D eigenvalue weighted by Gasteiger charge is 2.29. The van der Waals surface area contributed by atoms with Crippen LogP contribution in [0.1, 0.15) is 68.6 Å². The Balaban J connectivity index is 1.40. The molecular weight excluding hydrogens is 458 g/mol. The minimum Gasteiger partial charge on any atom is -0.393 e. The van der Waals surface area contributed by atoms with Crippen LogP contribution in [0.2, 0.25) is 0 Å². The third-order valence-corrected chi connectivity index (χ3v) is 7.27. The van der Waals surface area contributed by atoms with Crippen LogP contribution in [0, 0.1) is 5.92 Å². The van der Waals surface area contributed by atoms with Crippen molar-refractivity contribution in [1.82, 2.24) is 20.2 Å². The van der Waals surface area contributed by atoms with Crippen molar-refractivity contribution >= 4 is 17.7 Å². The molecule has 1 amide bonds. The van der Waals surface area contributed by atoms with Crippen LogP contribution in [0.4, 0.5) is 20.5 Å². The Morgan fingerprint density at radius 1 is 1.20 bits per heavy atom. The van der Waals surface area contributed by atoms with E-state index < -0.39 is 12.7 Å². The fourth-order valence-corrected chi connectivity index (χ4v) is 5.04. The number of anilines is 2. The van der Waals surface area contributed by atoms with Gasteiger partial charge in [0.25, 0.3) is 5.91 Å². The number of carbonyl (C=O) groups excluding carboxylic acids is 1. The van der Waals surface area contributed by atoms with E-state index in [1.165, 1.54) is 25.5 Å². The second-order valence-corrected chi connectivity index (χ2v) is 10.3. The summed E-state index contributed by atoms with van der Waals surface area (Å²) in [4.78, 5) is 24.4. The molecule has 3 fully saturated rings. The molecule has 1 saturated heterocycles. The molecule has 0 aromatic carbocycles. The number of alkyl halides is 2. The molecule has 2 aliphatic carbocycles. The standard InChI is InChI=1S/C24H38F2N6O3/c1-15(14-35-23(25)26)28-24-27-11-20(21(31-24)29-17-5-7-19(33)8-6-17)22(34)30-18-9-10-32(13-18)12-16-3-2-4-16/h11,15-19,23,33H,2-10,12-14H2,1H3,(H,30,34)(H2,27,28,29,31)/t15-,17?,18-,19?/m0/s1. The predicted octanol–water partition coefficient (Wildman–Crippen LogP) is 2.84. The maximum Gasteiger partial charge on any atom is 0.345 e. The van der Waals surface area contributed by atoms with Gasteiger partial charge in [-0.15, -0.1) is 0 Å². The van der Waals surface area contributed by atoms with Gasteiger partial charge in [-0.3, -0.25) is 4.79 Å². The van der Waals surface area contributed by atoms with Crippen molar-refractivity contribution in [2.75, 3.05) is 36.9 Å². The van der Waals surface area contributed by atoms with E-state index in [0.717, 1.165) is 44.8 Å². The molecule has 0 radical (unpaired) electrons. The average molecular weight is 497 g/mol. The minimum absolute atomic E-state index is 0.0803. The number of amides is 1. The van der Waals surface area contributed by atoms with E-state index in [9.17, 15) is 18.7 Å². The Morgan fingerprint density at radius 3 is 2.66 bits per heavy atom. The SMILES string of the molecule is C[C@@H](COC(F)F)Nc1ncc(C(=O)N[C@H]2CCN(CC3CCC3)C2)c(NC2CCC(O)CC2)n1. The summed E-state index contributed by atoms with van der Waals surface area (Å²) in [5.41, 5.74) is 0.357. The maximum absolute atomic E-state index is 13.2. The number of aliphatic hydroxyl groups excluding tert-OH is 1. The van der Waals surface area contributed by atoms with Gasteiger partial charge in [0, 0.05) is 44.0 Å². The Hall–Kier alpha value is -2.11. The number of halogens is 2. The summed E-state index contributed by atoms with van der Waals surface area (Å²) in [6, 6.07) is -0.275. The third-order valence-electron chi connectivity index (χ3n) is 7.27. The molecule has 4 rings (SSSR count). The van der Waals surface area contributed by atoms with Gasteiger partial charge < -0.3 is 30.7 Å². The monoisotopic (exact) mass is 496 g/mol. The van der Waals surface area contributed by atoms with E-state index in [-0.39, 0.29) is 36.7 Å². The van der Waals surface area contributed by atoms with E-state index in [4.69, 9.17) is 0 Å². The molecule has 35 heavy (non-hydrogen) atoms. The number of nitrogens with zero attached hydrogens (tertiary/aromatic N) is 3. The molecule has 0 spiro atoms. The topological polar surface area (TPSA) is 112 Å². The van der Waals surface area contributed by atoms with Gasteiger partial charge in [0.05, 0.1) is 12.7 Å². The summed E-state index contributed by atoms with van der Waals surface area (Å²) in [5, 5.41) is 19.3. The molecule has 1 aromatic heterocycles. The molecular formula is C24H38F2N6O3. The van der Waals surface area contributed by atoms with Crippen molar-refractivity contribution in [1.29, 1.82) is 0 Å². The number of ether oxygens (including phenoxy) is 1. The zero-order chi connectivity index (χ0) is 24.8. The lowest BCUT2D eigenvalue weighted by Gasteiger charge is -2.30. The Labute approximate surface area is 205 Å². The van der Waals surface area contributed by atoms with Gasteiger partial charge in [-0.2, -0.15) is 13.8 Å². The number of carbonyl (C=O) groups is 1. The fraction of sp³-hybridized carbons (Fsp3) is 0.792. The first-order valence-corrected chi connectivity index (χ1v) is 12.9. The quantitative estimate of drug-likeness (QED) is 0.370. The maximum atomic E-state index is 13.2. The average Bonchev–Trinajstić information content (AvgIpc) is 3.23. The van der Waals surface area contributed by atoms with Crippen LogP contribution in [0.25, 0.3) is 0 Å². The van der Waals surface area contributed by atoms with Crippen LogP contribution in [-0.4, -0.2) is 83.0 Å². The molecule has 3 aliphatic rings. The van der Waals surface area contributed by atoms with Gasteiger partial charge in [0.1, 0.15) is 11.4 Å². The van der Waals surface area contributed by atoms with E-state index in [2.05, 4.69) is 35.6 Å². The van der Waals surface area contributed by atoms with Crippen molar-refractivity contribution in [2.24, 2.45) is 5.92 Å². The Kier molecular flexibility index (Phi) is 9.07. The summed E-state index contributed by atoms with van der Waals surface area (Å²) < 4.78 is 29.0. The second-order valence-electron chi connectivity index (χ2n) is 10.3. The molecule has 196 valence electrons. The molecule has 11 heteroatoms. The van der Waals surface area contributed by atoms with Crippen LogP contribution in [0.3, 0.4) is 0 Å². The summed E-state index contributed by atoms with van der Waals surface area (Å²) in [6.07, 6.45) is 8.98. The van der Waals surface area contributed by atoms with Crippen LogP contribution in [0.15, 0.2) is 6.20 Å². The highest BCUT2D eigenvalue weighted by Crippen LogP contribution is 2.28. The lowest BCUT2D eigenvalue weighted by atomic mass is 9.85. The van der Waals surface area contributed by atoms with E-state index >= 15 is 0 Å². The summed E-state index contributed by atoms with van der Waals surface area (Å²) in [5.74, 6) is 1.22. The molecule has 1 aromatic rings. The van der Waals surface area contributed by atoms with Crippen LogP contribution < -0.4 is 16.0 Å². The van der Waals surface area contributed by atoms with E-state index in [1.54, 1.807) is 6.92 Å². The number of likely N-dealkylation sites (tertiary alicyclic amines) is 1. The normalized spacial score (nSPS) is 26.4. The molecule has 1 aliphatic heterocycles. The van der Waals surface area contributed by atoms with Gasteiger partial charge in [0.15, 0.2) is 0 Å². The fourth-order valence-electron chi connectivity index (χ4n) is 5.04. The third kappa shape index (κ3) is 7.68. The summed E-state index contributed by atoms with van der Waals surface area (Å²) in [7, 11) is 0. The van der Waals surface area contributed by atoms with E-state index in [1.807, 2.05) is 0 Å². The summed E-state index contributed by atoms with van der Waals surface area (Å²) in [6.45, 7) is 1.61. The first-order chi connectivity index (χ1) is 16.9. The largest absolute Gasteiger partial charge is 0.393 e. The van der Waals surface area contributed by atoms with Crippen LogP contribution in [-0.2, 0) is 4.74 Å². The van der Waals surface area contributed by atoms with Gasteiger partial charge in [-0.05, 0) is 57.8 Å². The van der Waals surface area contributed by atoms with Crippen molar-refractivity contribution in [2.45, 2.75) is 89.1 Å². The lowest BCUT2D eigenvalue weighted by molar-refractivity contribution is -0.130. The first kappa shape index (κ1) is 26.0. The van der Waals surface area contributed by atoms with Gasteiger partial charge in [0.2, 0.25) is 5.95 Å². The molecule has 2 saturated carbocycles. The molecule has 0 unspecified atom stereocenters. The predicted molar refractivity (Wildman–Crippen MR) is 129 cm³/mol. The van der Waals surface area contributed by atoms with Gasteiger partial charge in [-0.1, -0.05) is 6.42 Å².